The Bertz CT molecular complexity index is 1180. The zero-order valence-corrected chi connectivity index (χ0v) is 17.5. The van der Waals surface area contributed by atoms with Crippen LogP contribution in [-0.4, -0.2) is 20.7 Å². The number of pyridine rings is 1. The van der Waals surface area contributed by atoms with Crippen molar-refractivity contribution in [3.05, 3.63) is 100 Å². The highest BCUT2D eigenvalue weighted by Crippen LogP contribution is 2.24. The van der Waals surface area contributed by atoms with E-state index in [0.29, 0.717) is 17.3 Å². The zero-order chi connectivity index (χ0) is 21.1. The van der Waals surface area contributed by atoms with E-state index in [2.05, 4.69) is 36.3 Å². The highest BCUT2D eigenvalue weighted by molar-refractivity contribution is 6.30. The number of hydrogen-bond acceptors (Lipinski definition) is 3. The molecular weight excluding hydrogens is 396 g/mol. The van der Waals surface area contributed by atoms with Crippen LogP contribution in [0.25, 0.3) is 16.9 Å². The molecule has 0 aliphatic rings. The van der Waals surface area contributed by atoms with Crippen LogP contribution in [-0.2, 0) is 6.54 Å². The van der Waals surface area contributed by atoms with Crippen LogP contribution < -0.4 is 5.32 Å². The molecule has 1 amide bonds. The predicted molar refractivity (Wildman–Crippen MR) is 119 cm³/mol. The molecule has 0 aliphatic heterocycles. The molecule has 6 heteroatoms. The van der Waals surface area contributed by atoms with Gasteiger partial charge in [0.15, 0.2) is 0 Å². The van der Waals surface area contributed by atoms with Gasteiger partial charge in [0.25, 0.3) is 5.91 Å². The highest BCUT2D eigenvalue weighted by Gasteiger charge is 2.18. The molecule has 0 saturated heterocycles. The Kier molecular flexibility index (Phi) is 5.63. The Hall–Kier alpha value is -3.44. The Morgan fingerprint density at radius 2 is 1.80 bits per heavy atom. The first kappa shape index (κ1) is 19.9. The maximum absolute atomic E-state index is 13.0. The van der Waals surface area contributed by atoms with Crippen LogP contribution in [0.4, 0.5) is 0 Å². The van der Waals surface area contributed by atoms with Crippen LogP contribution in [0.5, 0.6) is 0 Å². The van der Waals surface area contributed by atoms with Gasteiger partial charge in [-0.25, -0.2) is 4.68 Å². The molecule has 0 atom stereocenters. The van der Waals surface area contributed by atoms with Crippen molar-refractivity contribution in [2.45, 2.75) is 20.4 Å². The van der Waals surface area contributed by atoms with Crippen LogP contribution in [0.1, 0.15) is 27.3 Å². The summed E-state index contributed by atoms with van der Waals surface area (Å²) in [7, 11) is 0. The van der Waals surface area contributed by atoms with Gasteiger partial charge in [-0.05, 0) is 73.5 Å². The number of nitrogens with zero attached hydrogens (tertiary/aromatic N) is 3. The lowest BCUT2D eigenvalue weighted by molar-refractivity contribution is 0.0942. The van der Waals surface area contributed by atoms with Crippen LogP contribution in [0.3, 0.4) is 0 Å². The SMILES string of the molecule is Cc1ccc(-c2cc(C(=O)NCc3ccccn3)n(-c3ccc(Cl)cc3)n2)cc1C. The molecule has 0 fully saturated rings. The van der Waals surface area contributed by atoms with Gasteiger partial charge in [0, 0.05) is 16.8 Å². The van der Waals surface area contributed by atoms with Gasteiger partial charge in [-0.15, -0.1) is 0 Å². The van der Waals surface area contributed by atoms with Gasteiger partial charge in [-0.3, -0.25) is 9.78 Å². The molecule has 2 aromatic carbocycles. The fraction of sp³-hybridized carbons (Fsp3) is 0.125. The fourth-order valence-corrected chi connectivity index (χ4v) is 3.25. The third-order valence-electron chi connectivity index (χ3n) is 4.97. The number of aryl methyl sites for hydroxylation is 2. The number of rotatable bonds is 5. The summed E-state index contributed by atoms with van der Waals surface area (Å²) in [5.74, 6) is -0.224. The van der Waals surface area contributed by atoms with Crippen LogP contribution in [0.15, 0.2) is 72.9 Å². The number of hydrogen-bond donors (Lipinski definition) is 1. The molecule has 2 aromatic heterocycles. The Morgan fingerprint density at radius 3 is 2.50 bits per heavy atom. The summed E-state index contributed by atoms with van der Waals surface area (Å²) in [6.07, 6.45) is 1.71. The van der Waals surface area contributed by atoms with Crippen molar-refractivity contribution in [2.24, 2.45) is 0 Å². The van der Waals surface area contributed by atoms with Crippen molar-refractivity contribution in [1.82, 2.24) is 20.1 Å². The average molecular weight is 417 g/mol. The second kappa shape index (κ2) is 8.51. The minimum absolute atomic E-state index is 0.224. The first-order valence-corrected chi connectivity index (χ1v) is 10.0. The third kappa shape index (κ3) is 4.26. The zero-order valence-electron chi connectivity index (χ0n) is 16.8. The lowest BCUT2D eigenvalue weighted by Gasteiger charge is -2.08. The van der Waals surface area contributed by atoms with E-state index in [0.717, 1.165) is 22.6 Å². The molecule has 5 nitrogen and oxygen atoms in total. The molecule has 30 heavy (non-hydrogen) atoms. The second-order valence-corrected chi connectivity index (χ2v) is 7.54. The van der Waals surface area contributed by atoms with Gasteiger partial charge in [0.05, 0.1) is 23.6 Å². The predicted octanol–water partition coefficient (Wildman–Crippen LogP) is 5.13. The van der Waals surface area contributed by atoms with Crippen LogP contribution in [0.2, 0.25) is 5.02 Å². The van der Waals surface area contributed by atoms with E-state index < -0.39 is 0 Å². The number of halogens is 1. The van der Waals surface area contributed by atoms with Gasteiger partial charge in [0.2, 0.25) is 0 Å². The van der Waals surface area contributed by atoms with Gasteiger partial charge < -0.3 is 5.32 Å². The van der Waals surface area contributed by atoms with Gasteiger partial charge in [0.1, 0.15) is 5.69 Å². The van der Waals surface area contributed by atoms with Crippen molar-refractivity contribution >= 4 is 17.5 Å². The fourth-order valence-electron chi connectivity index (χ4n) is 3.13. The van der Waals surface area contributed by atoms with E-state index >= 15 is 0 Å². The van der Waals surface area contributed by atoms with Gasteiger partial charge in [-0.1, -0.05) is 29.8 Å². The normalized spacial score (nSPS) is 10.8. The monoisotopic (exact) mass is 416 g/mol. The third-order valence-corrected chi connectivity index (χ3v) is 5.22. The van der Waals surface area contributed by atoms with E-state index in [4.69, 9.17) is 16.7 Å². The quantitative estimate of drug-likeness (QED) is 0.490. The number of nitrogens with one attached hydrogen (secondary N) is 1. The molecule has 4 rings (SSSR count). The molecule has 150 valence electrons. The summed E-state index contributed by atoms with van der Waals surface area (Å²) in [5.41, 5.74) is 6.08. The van der Waals surface area contributed by atoms with E-state index in [1.807, 2.05) is 42.5 Å². The minimum atomic E-state index is -0.224. The molecule has 1 N–H and O–H groups in total. The summed E-state index contributed by atoms with van der Waals surface area (Å²) in [6, 6.07) is 20.8. The van der Waals surface area contributed by atoms with Gasteiger partial charge in [-0.2, -0.15) is 5.10 Å². The number of carbonyl (C=O) groups excluding carboxylic acids is 1. The van der Waals surface area contributed by atoms with Crippen molar-refractivity contribution in [3.63, 3.8) is 0 Å². The summed E-state index contributed by atoms with van der Waals surface area (Å²) >= 11 is 6.04. The lowest BCUT2D eigenvalue weighted by atomic mass is 10.0. The largest absolute Gasteiger partial charge is 0.345 e. The Morgan fingerprint density at radius 1 is 1.00 bits per heavy atom. The first-order valence-electron chi connectivity index (χ1n) is 9.63. The first-order chi connectivity index (χ1) is 14.5. The van der Waals surface area contributed by atoms with Crippen LogP contribution in [0, 0.1) is 13.8 Å². The summed E-state index contributed by atoms with van der Waals surface area (Å²) in [6.45, 7) is 4.47. The topological polar surface area (TPSA) is 59.8 Å². The maximum Gasteiger partial charge on any atom is 0.270 e. The molecule has 0 spiro atoms. The molecule has 2 heterocycles. The summed E-state index contributed by atoms with van der Waals surface area (Å²) < 4.78 is 1.65. The van der Waals surface area contributed by atoms with E-state index in [9.17, 15) is 4.79 Å². The summed E-state index contributed by atoms with van der Waals surface area (Å²) in [5, 5.41) is 8.28. The maximum atomic E-state index is 13.0. The van der Waals surface area contributed by atoms with Crippen molar-refractivity contribution in [3.8, 4) is 16.9 Å². The van der Waals surface area contributed by atoms with Crippen molar-refractivity contribution < 1.29 is 4.79 Å². The van der Waals surface area contributed by atoms with E-state index in [1.165, 1.54) is 11.1 Å². The van der Waals surface area contributed by atoms with E-state index in [-0.39, 0.29) is 5.91 Å². The molecule has 0 bridgehead atoms. The number of carbonyl (C=O) groups is 1. The van der Waals surface area contributed by atoms with Gasteiger partial charge >= 0.3 is 0 Å². The number of benzene rings is 2. The molecule has 4 aromatic rings. The minimum Gasteiger partial charge on any atom is -0.345 e. The molecule has 0 radical (unpaired) electrons. The number of aromatic nitrogens is 3. The Labute approximate surface area is 180 Å². The Balaban J connectivity index is 1.71. The molecule has 0 unspecified atom stereocenters. The molecular formula is C24H21ClN4O. The second-order valence-electron chi connectivity index (χ2n) is 7.11. The van der Waals surface area contributed by atoms with Crippen molar-refractivity contribution in [1.29, 1.82) is 0 Å². The van der Waals surface area contributed by atoms with Crippen molar-refractivity contribution in [2.75, 3.05) is 0 Å². The molecule has 0 aliphatic carbocycles. The smallest absolute Gasteiger partial charge is 0.270 e. The molecule has 0 saturated carbocycles. The highest BCUT2D eigenvalue weighted by atomic mass is 35.5. The number of amides is 1. The average Bonchev–Trinajstić information content (AvgIpc) is 3.21. The summed E-state index contributed by atoms with van der Waals surface area (Å²) in [4.78, 5) is 17.3. The van der Waals surface area contributed by atoms with Crippen LogP contribution >= 0.6 is 11.6 Å². The van der Waals surface area contributed by atoms with E-state index in [1.54, 1.807) is 23.0 Å². The standard InChI is InChI=1S/C24H21ClN4O/c1-16-6-7-18(13-17(16)2)22-14-23(24(30)27-15-20-5-3-4-12-26-20)29(28-22)21-10-8-19(25)9-11-21/h3-14H,15H2,1-2H3,(H,27,30). The lowest BCUT2D eigenvalue weighted by Crippen LogP contribution is -2.25.